The van der Waals surface area contributed by atoms with Gasteiger partial charge in [-0.15, -0.1) is 0 Å². The topological polar surface area (TPSA) is 55.5 Å². The van der Waals surface area contributed by atoms with Crippen LogP contribution in [0.25, 0.3) is 0 Å². The van der Waals surface area contributed by atoms with Gasteiger partial charge in [0.2, 0.25) is 0 Å². The van der Waals surface area contributed by atoms with Crippen LogP contribution in [0.5, 0.6) is 5.75 Å². The first-order valence-corrected chi connectivity index (χ1v) is 8.12. The number of hydrogen-bond acceptors (Lipinski definition) is 3. The SMILES string of the molecule is COc1ccc(C(CN)C(O)c2ccc(Br)cc2Br)cc1. The maximum Gasteiger partial charge on any atom is 0.118 e. The molecule has 0 aliphatic rings. The normalized spacial score (nSPS) is 13.8. The summed E-state index contributed by atoms with van der Waals surface area (Å²) >= 11 is 6.90. The number of nitrogens with two attached hydrogens (primary N) is 1. The molecule has 2 atom stereocenters. The largest absolute Gasteiger partial charge is 0.497 e. The van der Waals surface area contributed by atoms with E-state index in [1.165, 1.54) is 0 Å². The van der Waals surface area contributed by atoms with Crippen molar-refractivity contribution in [2.24, 2.45) is 5.73 Å². The molecule has 2 aromatic rings. The van der Waals surface area contributed by atoms with E-state index in [4.69, 9.17) is 10.5 Å². The van der Waals surface area contributed by atoms with Crippen molar-refractivity contribution in [3.05, 3.63) is 62.5 Å². The van der Waals surface area contributed by atoms with E-state index in [0.717, 1.165) is 25.8 Å². The molecule has 2 unspecified atom stereocenters. The first kappa shape index (κ1) is 16.5. The molecule has 0 bridgehead atoms. The highest BCUT2D eigenvalue weighted by Gasteiger charge is 2.23. The van der Waals surface area contributed by atoms with Gasteiger partial charge in [-0.3, -0.25) is 0 Å². The minimum Gasteiger partial charge on any atom is -0.497 e. The molecule has 0 radical (unpaired) electrons. The second-order valence-corrected chi connectivity index (χ2v) is 6.50. The van der Waals surface area contributed by atoms with Gasteiger partial charge in [-0.25, -0.2) is 0 Å². The molecule has 0 saturated heterocycles. The number of rotatable bonds is 5. The molecule has 3 nitrogen and oxygen atoms in total. The molecule has 0 aromatic heterocycles. The van der Waals surface area contributed by atoms with Crippen LogP contribution < -0.4 is 10.5 Å². The zero-order chi connectivity index (χ0) is 15.4. The Balaban J connectivity index is 2.30. The summed E-state index contributed by atoms with van der Waals surface area (Å²) in [6.07, 6.45) is -0.675. The van der Waals surface area contributed by atoms with Crippen molar-refractivity contribution in [1.29, 1.82) is 0 Å². The molecular weight excluding hydrogens is 398 g/mol. The van der Waals surface area contributed by atoms with Gasteiger partial charge in [0, 0.05) is 21.4 Å². The summed E-state index contributed by atoms with van der Waals surface area (Å²) in [6.45, 7) is 0.357. The van der Waals surface area contributed by atoms with E-state index in [1.54, 1.807) is 7.11 Å². The summed E-state index contributed by atoms with van der Waals surface area (Å²) in [7, 11) is 1.63. The van der Waals surface area contributed by atoms with Gasteiger partial charge in [-0.2, -0.15) is 0 Å². The third kappa shape index (κ3) is 3.86. The van der Waals surface area contributed by atoms with Gasteiger partial charge in [0.1, 0.15) is 5.75 Å². The second-order valence-electron chi connectivity index (χ2n) is 4.73. The van der Waals surface area contributed by atoms with Crippen LogP contribution in [-0.2, 0) is 0 Å². The first-order valence-electron chi connectivity index (χ1n) is 6.54. The highest BCUT2D eigenvalue weighted by atomic mass is 79.9. The van der Waals surface area contributed by atoms with Crippen LogP contribution in [0.4, 0.5) is 0 Å². The van der Waals surface area contributed by atoms with Gasteiger partial charge in [0.25, 0.3) is 0 Å². The number of aliphatic hydroxyl groups excluding tert-OH is 1. The standard InChI is InChI=1S/C16H17Br2NO2/c1-21-12-5-2-10(3-6-12)14(9-19)16(20)13-7-4-11(17)8-15(13)18/h2-8,14,16,20H,9,19H2,1H3. The Morgan fingerprint density at radius 3 is 2.33 bits per heavy atom. The number of halogens is 2. The van der Waals surface area contributed by atoms with Crippen molar-refractivity contribution in [3.63, 3.8) is 0 Å². The third-order valence-electron chi connectivity index (χ3n) is 3.46. The molecule has 21 heavy (non-hydrogen) atoms. The molecule has 0 aliphatic heterocycles. The number of methoxy groups -OCH3 is 1. The highest BCUT2D eigenvalue weighted by Crippen LogP contribution is 2.35. The summed E-state index contributed by atoms with van der Waals surface area (Å²) in [5.74, 6) is 0.613. The van der Waals surface area contributed by atoms with Gasteiger partial charge < -0.3 is 15.6 Å². The van der Waals surface area contributed by atoms with Crippen molar-refractivity contribution >= 4 is 31.9 Å². The fourth-order valence-electron chi connectivity index (χ4n) is 2.26. The summed E-state index contributed by atoms with van der Waals surface area (Å²) in [5.41, 5.74) is 7.69. The number of ether oxygens (including phenoxy) is 1. The highest BCUT2D eigenvalue weighted by molar-refractivity contribution is 9.11. The molecule has 0 aliphatic carbocycles. The summed E-state index contributed by atoms with van der Waals surface area (Å²) in [5, 5.41) is 10.7. The van der Waals surface area contributed by atoms with Crippen LogP contribution in [0.1, 0.15) is 23.1 Å². The Bertz CT molecular complexity index is 602. The number of hydrogen-bond donors (Lipinski definition) is 2. The monoisotopic (exact) mass is 413 g/mol. The smallest absolute Gasteiger partial charge is 0.118 e. The van der Waals surface area contributed by atoms with Gasteiger partial charge in [-0.05, 0) is 35.4 Å². The van der Waals surface area contributed by atoms with Gasteiger partial charge >= 0.3 is 0 Å². The second kappa shape index (κ2) is 7.40. The molecule has 2 aromatic carbocycles. The molecule has 0 saturated carbocycles. The fraction of sp³-hybridized carbons (Fsp3) is 0.250. The van der Waals surface area contributed by atoms with E-state index in [1.807, 2.05) is 42.5 Å². The maximum absolute atomic E-state index is 10.7. The van der Waals surface area contributed by atoms with Crippen LogP contribution in [0, 0.1) is 0 Å². The van der Waals surface area contributed by atoms with E-state index >= 15 is 0 Å². The lowest BCUT2D eigenvalue weighted by Crippen LogP contribution is -2.20. The molecule has 0 spiro atoms. The summed E-state index contributed by atoms with van der Waals surface area (Å²) in [6, 6.07) is 13.3. The number of aliphatic hydroxyl groups is 1. The number of benzene rings is 2. The van der Waals surface area contributed by atoms with Crippen molar-refractivity contribution < 1.29 is 9.84 Å². The van der Waals surface area contributed by atoms with Gasteiger partial charge in [0.05, 0.1) is 13.2 Å². The van der Waals surface area contributed by atoms with E-state index in [9.17, 15) is 5.11 Å². The van der Waals surface area contributed by atoms with Crippen LogP contribution >= 0.6 is 31.9 Å². The Hall–Kier alpha value is -0.880. The molecule has 0 heterocycles. The molecule has 112 valence electrons. The first-order chi connectivity index (χ1) is 10.1. The lowest BCUT2D eigenvalue weighted by Gasteiger charge is -2.23. The Kier molecular flexibility index (Phi) is 5.81. The zero-order valence-corrected chi connectivity index (χ0v) is 14.8. The summed E-state index contributed by atoms with van der Waals surface area (Å²) < 4.78 is 6.97. The lowest BCUT2D eigenvalue weighted by molar-refractivity contribution is 0.146. The molecule has 2 rings (SSSR count). The average Bonchev–Trinajstić information content (AvgIpc) is 2.48. The molecular formula is C16H17Br2NO2. The Morgan fingerprint density at radius 1 is 1.14 bits per heavy atom. The fourth-order valence-corrected chi connectivity index (χ4v) is 3.54. The third-order valence-corrected chi connectivity index (χ3v) is 4.64. The lowest BCUT2D eigenvalue weighted by atomic mass is 9.89. The molecule has 5 heteroatoms. The van der Waals surface area contributed by atoms with Crippen LogP contribution in [0.3, 0.4) is 0 Å². The van der Waals surface area contributed by atoms with Crippen LogP contribution in [-0.4, -0.2) is 18.8 Å². The van der Waals surface area contributed by atoms with Crippen molar-refractivity contribution in [2.75, 3.05) is 13.7 Å². The predicted octanol–water partition coefficient (Wildman–Crippen LogP) is 4.00. The van der Waals surface area contributed by atoms with Crippen molar-refractivity contribution in [1.82, 2.24) is 0 Å². The van der Waals surface area contributed by atoms with E-state index in [2.05, 4.69) is 31.9 Å². The Labute approximate surface area is 141 Å². The van der Waals surface area contributed by atoms with Gasteiger partial charge in [0.15, 0.2) is 0 Å². The predicted molar refractivity (Wildman–Crippen MR) is 91.6 cm³/mol. The van der Waals surface area contributed by atoms with E-state index < -0.39 is 6.10 Å². The van der Waals surface area contributed by atoms with Gasteiger partial charge in [-0.1, -0.05) is 50.1 Å². The van der Waals surface area contributed by atoms with E-state index in [-0.39, 0.29) is 5.92 Å². The van der Waals surface area contributed by atoms with E-state index in [0.29, 0.717) is 6.54 Å². The molecule has 0 amide bonds. The quantitative estimate of drug-likeness (QED) is 0.777. The average molecular weight is 415 g/mol. The van der Waals surface area contributed by atoms with Crippen molar-refractivity contribution in [3.8, 4) is 5.75 Å². The zero-order valence-electron chi connectivity index (χ0n) is 11.6. The minimum atomic E-state index is -0.675. The Morgan fingerprint density at radius 2 is 1.81 bits per heavy atom. The maximum atomic E-state index is 10.7. The summed E-state index contributed by atoms with van der Waals surface area (Å²) in [4.78, 5) is 0. The molecule has 0 fully saturated rings. The van der Waals surface area contributed by atoms with Crippen LogP contribution in [0.15, 0.2) is 51.4 Å². The van der Waals surface area contributed by atoms with Crippen LogP contribution in [0.2, 0.25) is 0 Å². The minimum absolute atomic E-state index is 0.173. The van der Waals surface area contributed by atoms with Crippen molar-refractivity contribution in [2.45, 2.75) is 12.0 Å². The molecule has 3 N–H and O–H groups in total.